The van der Waals surface area contributed by atoms with E-state index in [4.69, 9.17) is 0 Å². The van der Waals surface area contributed by atoms with E-state index in [9.17, 15) is 4.79 Å². The van der Waals surface area contributed by atoms with Gasteiger partial charge in [0.2, 0.25) is 5.91 Å². The molecule has 6 nitrogen and oxygen atoms in total. The van der Waals surface area contributed by atoms with Crippen LogP contribution in [-0.4, -0.2) is 63.1 Å². The van der Waals surface area contributed by atoms with E-state index in [0.717, 1.165) is 42.9 Å². The number of carbonyl (C=O) groups excluding carboxylic acids is 1. The van der Waals surface area contributed by atoms with Crippen LogP contribution in [0.1, 0.15) is 19.8 Å². The summed E-state index contributed by atoms with van der Waals surface area (Å²) in [5.41, 5.74) is 1.22. The molecule has 1 atom stereocenters. The number of guanidine groups is 1. The largest absolute Gasteiger partial charge is 0.368 e. The Morgan fingerprint density at radius 2 is 2.12 bits per heavy atom. The Kier molecular flexibility index (Phi) is 10.3. The second-order valence-corrected chi connectivity index (χ2v) is 7.26. The van der Waals surface area contributed by atoms with Crippen LogP contribution in [0.2, 0.25) is 0 Å². The zero-order valence-corrected chi connectivity index (χ0v) is 19.6. The highest BCUT2D eigenvalue weighted by molar-refractivity contribution is 14.0. The average Bonchev–Trinajstić information content (AvgIpc) is 3.05. The van der Waals surface area contributed by atoms with Crippen molar-refractivity contribution in [2.24, 2.45) is 4.99 Å². The highest BCUT2D eigenvalue weighted by atomic mass is 127. The van der Waals surface area contributed by atoms with Crippen molar-refractivity contribution < 1.29 is 4.79 Å². The maximum absolute atomic E-state index is 11.8. The first-order valence-electron chi connectivity index (χ1n) is 8.75. The third kappa shape index (κ3) is 6.94. The molecule has 1 fully saturated rings. The van der Waals surface area contributed by atoms with E-state index >= 15 is 0 Å². The Labute approximate surface area is 181 Å². The maximum atomic E-state index is 11.8. The molecule has 0 aromatic heterocycles. The molecule has 0 radical (unpaired) electrons. The summed E-state index contributed by atoms with van der Waals surface area (Å²) in [4.78, 5) is 20.1. The van der Waals surface area contributed by atoms with Gasteiger partial charge in [-0.05, 0) is 40.9 Å². The number of aliphatic imine (C=N–C) groups is 1. The molecule has 0 aliphatic carbocycles. The van der Waals surface area contributed by atoms with Crippen LogP contribution in [0, 0.1) is 0 Å². The summed E-state index contributed by atoms with van der Waals surface area (Å²) in [5, 5.41) is 6.77. The van der Waals surface area contributed by atoms with Gasteiger partial charge in [0.25, 0.3) is 0 Å². The third-order valence-electron chi connectivity index (χ3n) is 4.14. The minimum Gasteiger partial charge on any atom is -0.368 e. The fraction of sp³-hybridized carbons (Fsp3) is 0.556. The molecule has 1 aliphatic heterocycles. The summed E-state index contributed by atoms with van der Waals surface area (Å²) in [6.45, 7) is 5.02. The van der Waals surface area contributed by atoms with Crippen LogP contribution in [-0.2, 0) is 4.79 Å². The maximum Gasteiger partial charge on any atom is 0.243 e. The number of para-hydroxylation sites is 1. The summed E-state index contributed by atoms with van der Waals surface area (Å²) in [5.74, 6) is 0.717. The van der Waals surface area contributed by atoms with Gasteiger partial charge in [-0.25, -0.2) is 4.99 Å². The summed E-state index contributed by atoms with van der Waals surface area (Å²) in [6.07, 6.45) is 2.05. The van der Waals surface area contributed by atoms with Crippen molar-refractivity contribution in [2.75, 3.05) is 45.2 Å². The Balaban J connectivity index is 0.00000338. The number of rotatable bonds is 6. The lowest BCUT2D eigenvalue weighted by atomic mass is 10.2. The van der Waals surface area contributed by atoms with Crippen LogP contribution >= 0.6 is 39.9 Å². The van der Waals surface area contributed by atoms with Crippen LogP contribution in [0.4, 0.5) is 5.69 Å². The van der Waals surface area contributed by atoms with Gasteiger partial charge in [-0.2, -0.15) is 0 Å². The van der Waals surface area contributed by atoms with Crippen molar-refractivity contribution >= 4 is 57.5 Å². The third-order valence-corrected chi connectivity index (χ3v) is 4.81. The lowest BCUT2D eigenvalue weighted by molar-refractivity contribution is -0.127. The molecule has 1 unspecified atom stereocenters. The molecule has 0 spiro atoms. The molecular formula is C18H29BrIN5O. The summed E-state index contributed by atoms with van der Waals surface area (Å²) in [6, 6.07) is 8.60. The number of hydrogen-bond donors (Lipinski definition) is 2. The van der Waals surface area contributed by atoms with Crippen molar-refractivity contribution in [1.82, 2.24) is 15.5 Å². The highest BCUT2D eigenvalue weighted by Crippen LogP contribution is 2.28. The number of anilines is 1. The lowest BCUT2D eigenvalue weighted by Crippen LogP contribution is -2.45. The van der Waals surface area contributed by atoms with Crippen LogP contribution in [0.15, 0.2) is 33.7 Å². The first kappa shape index (κ1) is 23.0. The van der Waals surface area contributed by atoms with Crippen molar-refractivity contribution in [3.05, 3.63) is 28.7 Å². The van der Waals surface area contributed by atoms with Gasteiger partial charge in [-0.1, -0.05) is 19.1 Å². The number of hydrogen-bond acceptors (Lipinski definition) is 3. The van der Waals surface area contributed by atoms with Gasteiger partial charge in [-0.15, -0.1) is 24.0 Å². The molecule has 1 aromatic rings. The highest BCUT2D eigenvalue weighted by Gasteiger charge is 2.24. The van der Waals surface area contributed by atoms with Gasteiger partial charge in [0.15, 0.2) is 5.96 Å². The van der Waals surface area contributed by atoms with Crippen molar-refractivity contribution in [2.45, 2.75) is 25.8 Å². The fourth-order valence-electron chi connectivity index (χ4n) is 2.68. The van der Waals surface area contributed by atoms with E-state index in [1.54, 1.807) is 19.0 Å². The van der Waals surface area contributed by atoms with E-state index in [1.165, 1.54) is 5.69 Å². The molecule has 1 saturated heterocycles. The van der Waals surface area contributed by atoms with Crippen molar-refractivity contribution in [3.63, 3.8) is 0 Å². The molecule has 1 aliphatic rings. The predicted octanol–water partition coefficient (Wildman–Crippen LogP) is 2.68. The second-order valence-electron chi connectivity index (χ2n) is 6.41. The monoisotopic (exact) mass is 537 g/mol. The standard InChI is InChI=1S/C18H28BrN5O.HI/c1-4-10-20-18(21-12-17(25)23(2)3)22-14-9-11-24(13-14)16-8-6-5-7-15(16)19;/h5-8,14H,4,9-13H2,1-3H3,(H2,20,21,22);1H. The number of likely N-dealkylation sites (N-methyl/N-ethyl adjacent to an activating group) is 1. The van der Waals surface area contributed by atoms with Gasteiger partial charge in [-0.3, -0.25) is 4.79 Å². The minimum absolute atomic E-state index is 0. The van der Waals surface area contributed by atoms with Crippen molar-refractivity contribution in [3.8, 4) is 0 Å². The summed E-state index contributed by atoms with van der Waals surface area (Å²) < 4.78 is 1.12. The minimum atomic E-state index is -0.00105. The first-order chi connectivity index (χ1) is 12.0. The van der Waals surface area contributed by atoms with E-state index < -0.39 is 0 Å². The lowest BCUT2D eigenvalue weighted by Gasteiger charge is -2.21. The van der Waals surface area contributed by atoms with E-state index in [1.807, 2.05) is 6.07 Å². The summed E-state index contributed by atoms with van der Waals surface area (Å²) >= 11 is 3.63. The van der Waals surface area contributed by atoms with Crippen LogP contribution in [0.25, 0.3) is 0 Å². The van der Waals surface area contributed by atoms with Gasteiger partial charge >= 0.3 is 0 Å². The Morgan fingerprint density at radius 1 is 1.38 bits per heavy atom. The first-order valence-corrected chi connectivity index (χ1v) is 9.55. The predicted molar refractivity (Wildman–Crippen MR) is 123 cm³/mol. The molecule has 1 amide bonds. The fourth-order valence-corrected chi connectivity index (χ4v) is 3.22. The second kappa shape index (κ2) is 11.6. The number of nitrogens with one attached hydrogen (secondary N) is 2. The van der Waals surface area contributed by atoms with Crippen LogP contribution in [0.3, 0.4) is 0 Å². The smallest absolute Gasteiger partial charge is 0.243 e. The molecule has 1 aromatic carbocycles. The quantitative estimate of drug-likeness (QED) is 0.333. The molecule has 0 saturated carbocycles. The van der Waals surface area contributed by atoms with Gasteiger partial charge < -0.3 is 20.4 Å². The van der Waals surface area contributed by atoms with Crippen LogP contribution in [0.5, 0.6) is 0 Å². The number of halogens is 2. The van der Waals surface area contributed by atoms with E-state index in [-0.39, 0.29) is 36.4 Å². The zero-order valence-electron chi connectivity index (χ0n) is 15.7. The number of amides is 1. The Hall–Kier alpha value is -1.03. The number of nitrogens with zero attached hydrogens (tertiary/aromatic N) is 3. The number of carbonyl (C=O) groups is 1. The topological polar surface area (TPSA) is 60.0 Å². The van der Waals surface area contributed by atoms with Gasteiger partial charge in [0.05, 0.1) is 5.69 Å². The van der Waals surface area contributed by atoms with Gasteiger partial charge in [0.1, 0.15) is 6.54 Å². The zero-order chi connectivity index (χ0) is 18.2. The SMILES string of the molecule is CCCNC(=NCC(=O)N(C)C)NC1CCN(c2ccccc2Br)C1.I. The molecule has 2 rings (SSSR count). The molecule has 1 heterocycles. The molecule has 26 heavy (non-hydrogen) atoms. The Morgan fingerprint density at radius 3 is 2.77 bits per heavy atom. The molecule has 0 bridgehead atoms. The van der Waals surface area contributed by atoms with E-state index in [2.05, 4.69) is 61.6 Å². The normalized spacial score (nSPS) is 16.8. The van der Waals surface area contributed by atoms with E-state index in [0.29, 0.717) is 6.04 Å². The summed E-state index contributed by atoms with van der Waals surface area (Å²) in [7, 11) is 3.49. The molecule has 2 N–H and O–H groups in total. The number of benzene rings is 1. The van der Waals surface area contributed by atoms with Gasteiger partial charge in [0, 0.05) is 44.2 Å². The molecule has 146 valence electrons. The molecule has 8 heteroatoms. The average molecular weight is 538 g/mol. The van der Waals surface area contributed by atoms with Crippen molar-refractivity contribution in [1.29, 1.82) is 0 Å². The Bertz CT molecular complexity index is 611. The molecular weight excluding hydrogens is 509 g/mol. The van der Waals surface area contributed by atoms with Crippen LogP contribution < -0.4 is 15.5 Å².